The molecule has 0 amide bonds. The molecule has 0 atom stereocenters. The number of aromatic nitrogens is 2. The zero-order chi connectivity index (χ0) is 28.3. The molecule has 0 fully saturated rings. The number of halogens is 2. The smallest absolute Gasteiger partial charge is 0.335 e. The van der Waals surface area contributed by atoms with Crippen LogP contribution < -0.4 is 9.64 Å². The summed E-state index contributed by atoms with van der Waals surface area (Å²) in [6, 6.07) is 16.7. The number of para-hydroxylation sites is 1. The molecule has 0 unspecified atom stereocenters. The van der Waals surface area contributed by atoms with E-state index >= 15 is 0 Å². The van der Waals surface area contributed by atoms with Crippen LogP contribution in [0.4, 0.5) is 5.69 Å². The molecule has 1 N–H and O–H groups in total. The molecule has 6 nitrogen and oxygen atoms in total. The van der Waals surface area contributed by atoms with Gasteiger partial charge in [0.2, 0.25) is 0 Å². The number of hydrogen-bond acceptors (Lipinski definition) is 4. The monoisotopic (exact) mass is 565 g/mol. The Balaban J connectivity index is 1.49. The first-order valence-corrected chi connectivity index (χ1v) is 13.6. The van der Waals surface area contributed by atoms with Crippen LogP contribution in [0.3, 0.4) is 0 Å². The Bertz CT molecular complexity index is 1480. The topological polar surface area (TPSA) is 67.6 Å². The van der Waals surface area contributed by atoms with Crippen LogP contribution in [0.25, 0.3) is 5.69 Å². The summed E-state index contributed by atoms with van der Waals surface area (Å²) in [6.45, 7) is 9.36. The van der Waals surface area contributed by atoms with E-state index < -0.39 is 5.97 Å². The van der Waals surface area contributed by atoms with E-state index in [0.29, 0.717) is 27.9 Å². The molecule has 204 valence electrons. The molecule has 4 aromatic rings. The minimum Gasteiger partial charge on any atom is -0.487 e. The number of carbonyl (C=O) groups is 1. The fourth-order valence-corrected chi connectivity index (χ4v) is 5.23. The Hall–Kier alpha value is -3.48. The van der Waals surface area contributed by atoms with Gasteiger partial charge in [-0.25, -0.2) is 9.48 Å². The lowest BCUT2D eigenvalue weighted by Gasteiger charge is -2.23. The minimum absolute atomic E-state index is 0.246. The van der Waals surface area contributed by atoms with Crippen LogP contribution in [0, 0.1) is 13.8 Å². The number of anilines is 1. The average Bonchev–Trinajstić information content (AvgIpc) is 3.30. The summed E-state index contributed by atoms with van der Waals surface area (Å²) >= 11 is 13.0. The molecule has 0 aliphatic carbocycles. The van der Waals surface area contributed by atoms with Crippen molar-refractivity contribution in [1.82, 2.24) is 9.78 Å². The number of likely N-dealkylation sites (N-methyl/N-ethyl adjacent to an activating group) is 1. The van der Waals surface area contributed by atoms with Crippen molar-refractivity contribution in [3.8, 4) is 11.4 Å². The lowest BCUT2D eigenvalue weighted by Crippen LogP contribution is -2.21. The number of rotatable bonds is 10. The molecule has 3 aromatic carbocycles. The summed E-state index contributed by atoms with van der Waals surface area (Å²) in [7, 11) is 2.04. The number of carboxylic acids is 1. The molecule has 0 saturated heterocycles. The van der Waals surface area contributed by atoms with Crippen molar-refractivity contribution >= 4 is 34.9 Å². The van der Waals surface area contributed by atoms with Crippen LogP contribution in [0.15, 0.2) is 60.8 Å². The highest BCUT2D eigenvalue weighted by atomic mass is 35.5. The Labute approximate surface area is 239 Å². The fraction of sp³-hybridized carbons (Fsp3) is 0.290. The SMILES string of the molecule is Cc1ccc(C(=O)O)cc1CCN(C)c1ccc(OCc2c(C(C)C)cnn2-c2c(Cl)cccc2Cl)cc1C. The zero-order valence-corrected chi connectivity index (χ0v) is 24.3. The highest BCUT2D eigenvalue weighted by molar-refractivity contribution is 6.37. The second-order valence-corrected chi connectivity index (χ2v) is 10.9. The van der Waals surface area contributed by atoms with Gasteiger partial charge in [-0.05, 0) is 90.9 Å². The highest BCUT2D eigenvalue weighted by Crippen LogP contribution is 2.32. The maximum absolute atomic E-state index is 11.4. The summed E-state index contributed by atoms with van der Waals surface area (Å²) in [4.78, 5) is 13.5. The summed E-state index contributed by atoms with van der Waals surface area (Å²) < 4.78 is 8.03. The number of benzene rings is 3. The van der Waals surface area contributed by atoms with Gasteiger partial charge >= 0.3 is 5.97 Å². The summed E-state index contributed by atoms with van der Waals surface area (Å²) in [6.07, 6.45) is 2.59. The number of nitrogens with zero attached hydrogens (tertiary/aromatic N) is 3. The molecule has 39 heavy (non-hydrogen) atoms. The van der Waals surface area contributed by atoms with E-state index in [1.54, 1.807) is 28.9 Å². The van der Waals surface area contributed by atoms with E-state index in [9.17, 15) is 9.90 Å². The number of aryl methyl sites for hydroxylation is 2. The minimum atomic E-state index is -0.908. The highest BCUT2D eigenvalue weighted by Gasteiger charge is 2.19. The molecule has 8 heteroatoms. The van der Waals surface area contributed by atoms with E-state index in [-0.39, 0.29) is 5.92 Å². The zero-order valence-electron chi connectivity index (χ0n) is 22.8. The second kappa shape index (κ2) is 12.1. The molecular formula is C31H33Cl2N3O3. The Kier molecular flexibility index (Phi) is 8.88. The van der Waals surface area contributed by atoms with E-state index in [0.717, 1.165) is 52.4 Å². The second-order valence-electron chi connectivity index (χ2n) is 10.0. The van der Waals surface area contributed by atoms with Gasteiger partial charge in [-0.2, -0.15) is 5.10 Å². The maximum Gasteiger partial charge on any atom is 0.335 e. The van der Waals surface area contributed by atoms with Gasteiger partial charge < -0.3 is 14.7 Å². The summed E-state index contributed by atoms with van der Waals surface area (Å²) in [5.41, 5.74) is 7.22. The van der Waals surface area contributed by atoms with Gasteiger partial charge in [0.05, 0.1) is 27.5 Å². The van der Waals surface area contributed by atoms with Crippen LogP contribution in [-0.2, 0) is 13.0 Å². The number of aromatic carboxylic acids is 1. The molecule has 4 rings (SSSR count). The van der Waals surface area contributed by atoms with Crippen molar-refractivity contribution in [1.29, 1.82) is 0 Å². The van der Waals surface area contributed by atoms with Crippen LogP contribution in [0.5, 0.6) is 5.75 Å². The number of hydrogen-bond donors (Lipinski definition) is 1. The summed E-state index contributed by atoms with van der Waals surface area (Å²) in [5, 5.41) is 15.0. The van der Waals surface area contributed by atoms with E-state index in [4.69, 9.17) is 27.9 Å². The lowest BCUT2D eigenvalue weighted by atomic mass is 10.0. The first-order chi connectivity index (χ1) is 18.6. The van der Waals surface area contributed by atoms with E-state index in [2.05, 4.69) is 36.8 Å². The predicted molar refractivity (Wildman–Crippen MR) is 158 cm³/mol. The number of ether oxygens (including phenoxy) is 1. The van der Waals surface area contributed by atoms with Gasteiger partial charge in [-0.1, -0.05) is 49.2 Å². The Morgan fingerprint density at radius 1 is 1.05 bits per heavy atom. The first-order valence-electron chi connectivity index (χ1n) is 12.9. The molecule has 1 heterocycles. The van der Waals surface area contributed by atoms with Gasteiger partial charge in [0.1, 0.15) is 18.0 Å². The van der Waals surface area contributed by atoms with Crippen molar-refractivity contribution in [2.75, 3.05) is 18.5 Å². The molecule has 0 spiro atoms. The normalized spacial score (nSPS) is 11.2. The van der Waals surface area contributed by atoms with Crippen LogP contribution in [0.2, 0.25) is 10.0 Å². The molecule has 0 bridgehead atoms. The van der Waals surface area contributed by atoms with E-state index in [1.807, 2.05) is 44.4 Å². The van der Waals surface area contributed by atoms with Gasteiger partial charge in [-0.3, -0.25) is 0 Å². The van der Waals surface area contributed by atoms with Crippen molar-refractivity contribution in [2.24, 2.45) is 0 Å². The predicted octanol–water partition coefficient (Wildman–Crippen LogP) is 7.88. The Morgan fingerprint density at radius 3 is 2.41 bits per heavy atom. The Morgan fingerprint density at radius 2 is 1.77 bits per heavy atom. The molecule has 0 saturated carbocycles. The quantitative estimate of drug-likeness (QED) is 0.212. The third-order valence-electron chi connectivity index (χ3n) is 6.94. The largest absolute Gasteiger partial charge is 0.487 e. The van der Waals surface area contributed by atoms with Crippen molar-refractivity contribution in [3.63, 3.8) is 0 Å². The van der Waals surface area contributed by atoms with Gasteiger partial charge in [0, 0.05) is 19.3 Å². The lowest BCUT2D eigenvalue weighted by molar-refractivity contribution is 0.0696. The fourth-order valence-electron chi connectivity index (χ4n) is 4.68. The molecule has 1 aromatic heterocycles. The van der Waals surface area contributed by atoms with Crippen LogP contribution in [-0.4, -0.2) is 34.4 Å². The maximum atomic E-state index is 11.4. The third kappa shape index (κ3) is 6.40. The third-order valence-corrected chi connectivity index (χ3v) is 7.55. The van der Waals surface area contributed by atoms with Crippen molar-refractivity contribution in [2.45, 2.75) is 46.6 Å². The molecule has 0 radical (unpaired) electrons. The number of carboxylic acid groups (broad SMARTS) is 1. The van der Waals surface area contributed by atoms with Crippen LogP contribution >= 0.6 is 23.2 Å². The molecule has 0 aliphatic heterocycles. The molecule has 0 aliphatic rings. The van der Waals surface area contributed by atoms with Gasteiger partial charge in [-0.15, -0.1) is 0 Å². The first kappa shape index (κ1) is 28.5. The van der Waals surface area contributed by atoms with Gasteiger partial charge in [0.15, 0.2) is 0 Å². The standard InChI is InChI=1S/C31H33Cl2N3O3/c1-19(2)25-17-34-36(30-26(32)7-6-8-27(30)33)29(25)18-39-24-11-12-28(21(4)15-24)35(5)14-13-22-16-23(31(37)38)10-9-20(22)3/h6-12,15-17,19H,13-14,18H2,1-5H3,(H,37,38). The van der Waals surface area contributed by atoms with E-state index in [1.165, 1.54) is 0 Å². The summed E-state index contributed by atoms with van der Waals surface area (Å²) in [5.74, 6) is 0.0909. The van der Waals surface area contributed by atoms with Gasteiger partial charge in [0.25, 0.3) is 0 Å². The van der Waals surface area contributed by atoms with Crippen LogP contribution in [0.1, 0.15) is 58.1 Å². The molecular weight excluding hydrogens is 533 g/mol. The van der Waals surface area contributed by atoms with Crippen molar-refractivity contribution in [3.05, 3.63) is 104 Å². The van der Waals surface area contributed by atoms with Crippen molar-refractivity contribution < 1.29 is 14.6 Å². The average molecular weight is 567 g/mol.